The van der Waals surface area contributed by atoms with E-state index in [0.717, 1.165) is 35.8 Å². The van der Waals surface area contributed by atoms with Gasteiger partial charge in [-0.15, -0.1) is 0 Å². The Morgan fingerprint density at radius 3 is 2.39 bits per heavy atom. The van der Waals surface area contributed by atoms with Gasteiger partial charge in [0.25, 0.3) is 5.56 Å². The number of benzene rings is 2. The SMILES string of the molecule is COc1ccc(-c2cccc3c(=O)n(-c4ccc(N5C[C@@H](C)O[C@@H](C)C5)nc4)cnc23)cc1. The van der Waals surface area contributed by atoms with Crippen LogP contribution in [0.25, 0.3) is 27.7 Å². The van der Waals surface area contributed by atoms with Gasteiger partial charge in [0, 0.05) is 18.7 Å². The van der Waals surface area contributed by atoms with Crippen molar-refractivity contribution < 1.29 is 9.47 Å². The largest absolute Gasteiger partial charge is 0.497 e. The number of aromatic nitrogens is 3. The molecule has 4 aromatic rings. The Hall–Kier alpha value is -3.71. The lowest BCUT2D eigenvalue weighted by Crippen LogP contribution is -2.45. The molecule has 1 aliphatic rings. The van der Waals surface area contributed by atoms with Crippen molar-refractivity contribution in [3.8, 4) is 22.6 Å². The fraction of sp³-hybridized carbons (Fsp3) is 0.269. The summed E-state index contributed by atoms with van der Waals surface area (Å²) in [5.74, 6) is 1.66. The first-order valence-corrected chi connectivity index (χ1v) is 11.0. The highest BCUT2D eigenvalue weighted by Gasteiger charge is 2.23. The van der Waals surface area contributed by atoms with Gasteiger partial charge in [-0.05, 0) is 49.7 Å². The Balaban J connectivity index is 1.49. The van der Waals surface area contributed by atoms with Crippen LogP contribution in [0.5, 0.6) is 5.75 Å². The average molecular weight is 443 g/mol. The Bertz CT molecular complexity index is 1320. The standard InChI is InChI=1S/C26H26N4O3/c1-17-14-29(15-18(2)33-17)24-12-9-20(13-27-24)30-16-28-25-22(5-4-6-23(25)26(30)31)19-7-10-21(32-3)11-8-19/h4-13,16-18H,14-15H2,1-3H3/t17-,18+. The van der Waals surface area contributed by atoms with Gasteiger partial charge in [-0.1, -0.05) is 24.3 Å². The molecule has 0 aliphatic carbocycles. The summed E-state index contributed by atoms with van der Waals surface area (Å²) in [7, 11) is 1.64. The second kappa shape index (κ2) is 8.67. The highest BCUT2D eigenvalue weighted by atomic mass is 16.5. The molecular weight excluding hydrogens is 416 g/mol. The molecule has 0 bridgehead atoms. The van der Waals surface area contributed by atoms with Crippen molar-refractivity contribution in [3.05, 3.63) is 77.5 Å². The Morgan fingerprint density at radius 2 is 1.73 bits per heavy atom. The summed E-state index contributed by atoms with van der Waals surface area (Å²) in [6.07, 6.45) is 3.61. The second-order valence-electron chi connectivity index (χ2n) is 8.39. The zero-order valence-corrected chi connectivity index (χ0v) is 18.9. The third-order valence-electron chi connectivity index (χ3n) is 5.94. The minimum atomic E-state index is -0.126. The number of para-hydroxylation sites is 1. The van der Waals surface area contributed by atoms with E-state index >= 15 is 0 Å². The third-order valence-corrected chi connectivity index (χ3v) is 5.94. The van der Waals surface area contributed by atoms with Gasteiger partial charge in [0.05, 0.1) is 42.1 Å². The van der Waals surface area contributed by atoms with E-state index in [-0.39, 0.29) is 17.8 Å². The molecule has 2 atom stereocenters. The van der Waals surface area contributed by atoms with Gasteiger partial charge in [0.15, 0.2) is 0 Å². The molecule has 1 saturated heterocycles. The maximum Gasteiger partial charge on any atom is 0.265 e. The molecule has 0 amide bonds. The summed E-state index contributed by atoms with van der Waals surface area (Å²) in [4.78, 5) is 24.8. The topological polar surface area (TPSA) is 69.5 Å². The summed E-state index contributed by atoms with van der Waals surface area (Å²) in [6, 6.07) is 17.3. The predicted octanol–water partition coefficient (Wildman–Crippen LogP) is 4.07. The number of pyridine rings is 1. The van der Waals surface area contributed by atoms with Gasteiger partial charge >= 0.3 is 0 Å². The summed E-state index contributed by atoms with van der Waals surface area (Å²) < 4.78 is 12.6. The van der Waals surface area contributed by atoms with Gasteiger partial charge in [-0.2, -0.15) is 0 Å². The number of hydrogen-bond donors (Lipinski definition) is 0. The molecule has 33 heavy (non-hydrogen) atoms. The number of fused-ring (bicyclic) bond motifs is 1. The Morgan fingerprint density at radius 1 is 0.970 bits per heavy atom. The van der Waals surface area contributed by atoms with Gasteiger partial charge in [-0.3, -0.25) is 9.36 Å². The molecule has 2 aromatic heterocycles. The van der Waals surface area contributed by atoms with Crippen molar-refractivity contribution in [3.63, 3.8) is 0 Å². The van der Waals surface area contributed by atoms with Crippen molar-refractivity contribution in [1.82, 2.24) is 14.5 Å². The zero-order valence-electron chi connectivity index (χ0n) is 18.9. The van der Waals surface area contributed by atoms with E-state index in [1.54, 1.807) is 24.2 Å². The van der Waals surface area contributed by atoms with Crippen LogP contribution in [-0.2, 0) is 4.74 Å². The van der Waals surface area contributed by atoms with Crippen molar-refractivity contribution in [2.24, 2.45) is 0 Å². The quantitative estimate of drug-likeness (QED) is 0.475. The minimum Gasteiger partial charge on any atom is -0.497 e. The van der Waals surface area contributed by atoms with Crippen molar-refractivity contribution in [1.29, 1.82) is 0 Å². The monoisotopic (exact) mass is 442 g/mol. The van der Waals surface area contributed by atoms with Gasteiger partial charge < -0.3 is 14.4 Å². The first kappa shape index (κ1) is 21.2. The van der Waals surface area contributed by atoms with E-state index < -0.39 is 0 Å². The van der Waals surface area contributed by atoms with Gasteiger partial charge in [0.1, 0.15) is 17.9 Å². The Labute approximate surface area is 192 Å². The number of anilines is 1. The fourth-order valence-corrected chi connectivity index (χ4v) is 4.41. The number of morpholine rings is 1. The van der Waals surface area contributed by atoms with Crippen LogP contribution < -0.4 is 15.2 Å². The van der Waals surface area contributed by atoms with Crippen LogP contribution in [-0.4, -0.2) is 46.9 Å². The van der Waals surface area contributed by atoms with Gasteiger partial charge in [-0.25, -0.2) is 9.97 Å². The fourth-order valence-electron chi connectivity index (χ4n) is 4.41. The summed E-state index contributed by atoms with van der Waals surface area (Å²) in [5.41, 5.74) is 3.11. The van der Waals surface area contributed by atoms with Crippen LogP contribution in [0.1, 0.15) is 13.8 Å². The van der Waals surface area contributed by atoms with E-state index in [9.17, 15) is 4.79 Å². The zero-order chi connectivity index (χ0) is 22.9. The first-order valence-electron chi connectivity index (χ1n) is 11.0. The van der Waals surface area contributed by atoms with Crippen molar-refractivity contribution in [2.75, 3.05) is 25.1 Å². The molecule has 168 valence electrons. The Kier molecular flexibility index (Phi) is 5.56. The molecule has 0 saturated carbocycles. The molecule has 7 heteroatoms. The molecule has 0 radical (unpaired) electrons. The maximum absolute atomic E-state index is 13.3. The number of ether oxygens (including phenoxy) is 2. The lowest BCUT2D eigenvalue weighted by molar-refractivity contribution is -0.00545. The van der Waals surface area contributed by atoms with E-state index in [1.807, 2.05) is 54.6 Å². The van der Waals surface area contributed by atoms with Crippen molar-refractivity contribution in [2.45, 2.75) is 26.1 Å². The number of methoxy groups -OCH3 is 1. The number of hydrogen-bond acceptors (Lipinski definition) is 6. The second-order valence-corrected chi connectivity index (χ2v) is 8.39. The van der Waals surface area contributed by atoms with E-state index in [0.29, 0.717) is 16.6 Å². The molecule has 0 unspecified atom stereocenters. The summed E-state index contributed by atoms with van der Waals surface area (Å²) in [5, 5.41) is 0.561. The lowest BCUT2D eigenvalue weighted by atomic mass is 10.0. The van der Waals surface area contributed by atoms with Crippen LogP contribution in [0.3, 0.4) is 0 Å². The number of nitrogens with zero attached hydrogens (tertiary/aromatic N) is 4. The van der Waals surface area contributed by atoms with Crippen LogP contribution in [0.2, 0.25) is 0 Å². The molecule has 3 heterocycles. The highest BCUT2D eigenvalue weighted by molar-refractivity contribution is 5.93. The molecule has 0 N–H and O–H groups in total. The molecule has 2 aromatic carbocycles. The van der Waals surface area contributed by atoms with E-state index in [1.165, 1.54) is 0 Å². The third kappa shape index (κ3) is 4.07. The molecule has 1 fully saturated rings. The summed E-state index contributed by atoms with van der Waals surface area (Å²) >= 11 is 0. The van der Waals surface area contributed by atoms with Crippen LogP contribution in [0, 0.1) is 0 Å². The molecular formula is C26H26N4O3. The molecule has 7 nitrogen and oxygen atoms in total. The predicted molar refractivity (Wildman–Crippen MR) is 129 cm³/mol. The van der Waals surface area contributed by atoms with Crippen LogP contribution in [0.4, 0.5) is 5.82 Å². The molecule has 0 spiro atoms. The maximum atomic E-state index is 13.3. The van der Waals surface area contributed by atoms with Crippen molar-refractivity contribution >= 4 is 16.7 Å². The summed E-state index contributed by atoms with van der Waals surface area (Å²) in [6.45, 7) is 5.72. The first-order chi connectivity index (χ1) is 16.0. The lowest BCUT2D eigenvalue weighted by Gasteiger charge is -2.36. The highest BCUT2D eigenvalue weighted by Crippen LogP contribution is 2.27. The molecule has 1 aliphatic heterocycles. The van der Waals surface area contributed by atoms with E-state index in [4.69, 9.17) is 9.47 Å². The normalized spacial score (nSPS) is 18.5. The minimum absolute atomic E-state index is 0.126. The smallest absolute Gasteiger partial charge is 0.265 e. The van der Waals surface area contributed by atoms with Crippen LogP contribution in [0.15, 0.2) is 71.9 Å². The van der Waals surface area contributed by atoms with Gasteiger partial charge in [0.2, 0.25) is 0 Å². The molecule has 5 rings (SSSR count). The van der Waals surface area contributed by atoms with Crippen LogP contribution >= 0.6 is 0 Å². The number of rotatable bonds is 4. The average Bonchev–Trinajstić information content (AvgIpc) is 2.84. The van der Waals surface area contributed by atoms with E-state index in [2.05, 4.69) is 28.7 Å².